The van der Waals surface area contributed by atoms with Gasteiger partial charge < -0.3 is 9.26 Å². The molecule has 1 heterocycles. The monoisotopic (exact) mass is 280 g/mol. The summed E-state index contributed by atoms with van der Waals surface area (Å²) in [4.78, 5) is 15.1. The van der Waals surface area contributed by atoms with Gasteiger partial charge in [0.05, 0.1) is 10.6 Å². The fourth-order valence-corrected chi connectivity index (χ4v) is 1.77. The first-order valence-corrected chi connectivity index (χ1v) is 6.30. The molecule has 0 saturated heterocycles. The molecule has 0 aliphatic carbocycles. The van der Waals surface area contributed by atoms with E-state index in [1.54, 1.807) is 18.2 Å². The Labute approximate surface area is 115 Å². The molecule has 2 rings (SSSR count). The van der Waals surface area contributed by atoms with Crippen LogP contribution in [0, 0.1) is 0 Å². The van der Waals surface area contributed by atoms with Crippen molar-refractivity contribution in [2.45, 2.75) is 26.4 Å². The maximum Gasteiger partial charge on any atom is 0.226 e. The third-order valence-electron chi connectivity index (χ3n) is 2.46. The molecule has 0 bridgehead atoms. The Balaban J connectivity index is 2.05. The van der Waals surface area contributed by atoms with Crippen molar-refractivity contribution in [2.24, 2.45) is 0 Å². The molecule has 6 heteroatoms. The fourth-order valence-electron chi connectivity index (χ4n) is 1.56. The molecule has 0 aliphatic rings. The van der Waals surface area contributed by atoms with Gasteiger partial charge in [-0.1, -0.05) is 29.7 Å². The zero-order chi connectivity index (χ0) is 13.7. The number of carbonyl (C=O) groups is 1. The highest BCUT2D eigenvalue weighted by molar-refractivity contribution is 6.33. The van der Waals surface area contributed by atoms with E-state index < -0.39 is 0 Å². The molecule has 0 saturated carbocycles. The third-order valence-corrected chi connectivity index (χ3v) is 2.79. The molecule has 0 radical (unpaired) electrons. The maximum atomic E-state index is 10.9. The molecule has 100 valence electrons. The molecule has 0 unspecified atom stereocenters. The van der Waals surface area contributed by atoms with Gasteiger partial charge in [0.15, 0.2) is 12.9 Å². The molecule has 2 aromatic rings. The van der Waals surface area contributed by atoms with Crippen LogP contribution in [0.1, 0.15) is 35.4 Å². The molecule has 0 amide bonds. The van der Waals surface area contributed by atoms with Crippen molar-refractivity contribution in [2.75, 3.05) is 0 Å². The van der Waals surface area contributed by atoms with Gasteiger partial charge in [0.1, 0.15) is 5.75 Å². The van der Waals surface area contributed by atoms with Gasteiger partial charge in [-0.2, -0.15) is 4.98 Å². The average molecular weight is 281 g/mol. The maximum absolute atomic E-state index is 10.9. The number of rotatable bonds is 6. The second-order valence-corrected chi connectivity index (χ2v) is 4.32. The summed E-state index contributed by atoms with van der Waals surface area (Å²) < 4.78 is 10.5. The van der Waals surface area contributed by atoms with Crippen LogP contribution in [0.2, 0.25) is 5.02 Å². The van der Waals surface area contributed by atoms with E-state index in [-0.39, 0.29) is 6.61 Å². The molecule has 1 aromatic carbocycles. The standard InChI is InChI=1S/C13H13ClN2O3/c1-2-4-13-15-12(16-19-13)8-18-11-6-3-5-10(14)9(11)7-17/h3,5-7H,2,4,8H2,1H3. The van der Waals surface area contributed by atoms with Gasteiger partial charge in [0, 0.05) is 6.42 Å². The zero-order valence-corrected chi connectivity index (χ0v) is 11.2. The predicted molar refractivity (Wildman–Crippen MR) is 69.5 cm³/mol. The van der Waals surface area contributed by atoms with Gasteiger partial charge in [0.2, 0.25) is 11.7 Å². The number of hydrogen-bond donors (Lipinski definition) is 0. The van der Waals surface area contributed by atoms with Crippen LogP contribution in [0.3, 0.4) is 0 Å². The SMILES string of the molecule is CCCc1nc(COc2cccc(Cl)c2C=O)no1. The highest BCUT2D eigenvalue weighted by atomic mass is 35.5. The molecule has 1 aromatic heterocycles. The summed E-state index contributed by atoms with van der Waals surface area (Å²) in [5.74, 6) is 1.44. The van der Waals surface area contributed by atoms with Crippen LogP contribution in [0.15, 0.2) is 22.7 Å². The van der Waals surface area contributed by atoms with E-state index in [4.69, 9.17) is 20.9 Å². The quantitative estimate of drug-likeness (QED) is 0.761. The van der Waals surface area contributed by atoms with Gasteiger partial charge in [-0.3, -0.25) is 4.79 Å². The van der Waals surface area contributed by atoms with E-state index >= 15 is 0 Å². The fraction of sp³-hybridized carbons (Fsp3) is 0.308. The van der Waals surface area contributed by atoms with Crippen molar-refractivity contribution in [3.8, 4) is 5.75 Å². The van der Waals surface area contributed by atoms with Gasteiger partial charge in [-0.05, 0) is 18.6 Å². The summed E-state index contributed by atoms with van der Waals surface area (Å²) in [6, 6.07) is 5.01. The lowest BCUT2D eigenvalue weighted by atomic mass is 10.2. The van der Waals surface area contributed by atoms with E-state index in [1.165, 1.54) is 0 Å². The molecular formula is C13H13ClN2O3. The topological polar surface area (TPSA) is 65.2 Å². The number of carbonyl (C=O) groups excluding carboxylic acids is 1. The van der Waals surface area contributed by atoms with Crippen molar-refractivity contribution in [3.63, 3.8) is 0 Å². The smallest absolute Gasteiger partial charge is 0.226 e. The minimum Gasteiger partial charge on any atom is -0.485 e. The minimum absolute atomic E-state index is 0.133. The minimum atomic E-state index is 0.133. The van der Waals surface area contributed by atoms with E-state index in [1.807, 2.05) is 6.92 Å². The number of hydrogen-bond acceptors (Lipinski definition) is 5. The average Bonchev–Trinajstić information content (AvgIpc) is 2.84. The van der Waals surface area contributed by atoms with Crippen LogP contribution >= 0.6 is 11.6 Å². The second kappa shape index (κ2) is 6.33. The lowest BCUT2D eigenvalue weighted by Gasteiger charge is -2.06. The molecule has 0 spiro atoms. The summed E-state index contributed by atoms with van der Waals surface area (Å²) in [6.45, 7) is 2.16. The van der Waals surface area contributed by atoms with E-state index in [2.05, 4.69) is 10.1 Å². The number of halogens is 1. The highest BCUT2D eigenvalue weighted by Crippen LogP contribution is 2.25. The number of aromatic nitrogens is 2. The van der Waals surface area contributed by atoms with Crippen molar-refractivity contribution < 1.29 is 14.1 Å². The Morgan fingerprint density at radius 2 is 2.32 bits per heavy atom. The van der Waals surface area contributed by atoms with Crippen LogP contribution in [-0.4, -0.2) is 16.4 Å². The molecule has 19 heavy (non-hydrogen) atoms. The molecule has 5 nitrogen and oxygen atoms in total. The van der Waals surface area contributed by atoms with E-state index in [9.17, 15) is 4.79 Å². The number of benzene rings is 1. The molecular weight excluding hydrogens is 268 g/mol. The van der Waals surface area contributed by atoms with Crippen molar-refractivity contribution in [1.82, 2.24) is 10.1 Å². The predicted octanol–water partition coefficient (Wildman–Crippen LogP) is 3.07. The summed E-state index contributed by atoms with van der Waals surface area (Å²) in [7, 11) is 0. The lowest BCUT2D eigenvalue weighted by Crippen LogP contribution is -2.00. The summed E-state index contributed by atoms with van der Waals surface area (Å²) in [5, 5.41) is 4.15. The second-order valence-electron chi connectivity index (χ2n) is 3.91. The van der Waals surface area contributed by atoms with Crippen molar-refractivity contribution >= 4 is 17.9 Å². The first-order chi connectivity index (χ1) is 9.24. The van der Waals surface area contributed by atoms with Gasteiger partial charge in [-0.25, -0.2) is 0 Å². The Bertz CT molecular complexity index is 569. The Kier molecular flexibility index (Phi) is 4.52. The first-order valence-electron chi connectivity index (χ1n) is 5.92. The Hall–Kier alpha value is -1.88. The van der Waals surface area contributed by atoms with Crippen LogP contribution in [0.4, 0.5) is 0 Å². The molecule has 0 N–H and O–H groups in total. The van der Waals surface area contributed by atoms with E-state index in [0.29, 0.717) is 34.3 Å². The van der Waals surface area contributed by atoms with Gasteiger partial charge in [0.25, 0.3) is 0 Å². The van der Waals surface area contributed by atoms with Gasteiger partial charge >= 0.3 is 0 Å². The number of nitrogens with zero attached hydrogens (tertiary/aromatic N) is 2. The Morgan fingerprint density at radius 3 is 3.05 bits per heavy atom. The van der Waals surface area contributed by atoms with Crippen LogP contribution in [0.25, 0.3) is 0 Å². The van der Waals surface area contributed by atoms with E-state index in [0.717, 1.165) is 12.8 Å². The largest absolute Gasteiger partial charge is 0.485 e. The highest BCUT2D eigenvalue weighted by Gasteiger charge is 2.10. The lowest BCUT2D eigenvalue weighted by molar-refractivity contribution is 0.111. The molecule has 0 atom stereocenters. The number of aryl methyl sites for hydroxylation is 1. The number of aldehydes is 1. The zero-order valence-electron chi connectivity index (χ0n) is 10.4. The normalized spacial score (nSPS) is 10.4. The molecule has 0 aliphatic heterocycles. The third kappa shape index (κ3) is 3.32. The first kappa shape index (κ1) is 13.5. The molecule has 0 fully saturated rings. The van der Waals surface area contributed by atoms with Crippen LogP contribution < -0.4 is 4.74 Å². The van der Waals surface area contributed by atoms with Crippen LogP contribution in [0.5, 0.6) is 5.75 Å². The summed E-state index contributed by atoms with van der Waals surface area (Å²) in [5.41, 5.74) is 0.321. The van der Waals surface area contributed by atoms with Gasteiger partial charge in [-0.15, -0.1) is 0 Å². The van der Waals surface area contributed by atoms with Crippen molar-refractivity contribution in [1.29, 1.82) is 0 Å². The number of ether oxygens (including phenoxy) is 1. The van der Waals surface area contributed by atoms with Crippen molar-refractivity contribution in [3.05, 3.63) is 40.5 Å². The Morgan fingerprint density at radius 1 is 1.47 bits per heavy atom. The summed E-state index contributed by atoms with van der Waals surface area (Å²) >= 11 is 5.90. The van der Waals surface area contributed by atoms with Crippen LogP contribution in [-0.2, 0) is 13.0 Å². The summed E-state index contributed by atoms with van der Waals surface area (Å²) in [6.07, 6.45) is 2.34.